The van der Waals surface area contributed by atoms with Crippen LogP contribution >= 0.6 is 0 Å². The van der Waals surface area contributed by atoms with Gasteiger partial charge in [-0.25, -0.2) is 0 Å². The average molecular weight is 731 g/mol. The third-order valence-corrected chi connectivity index (χ3v) is 12.2. The number of benzene rings is 8. The lowest BCUT2D eigenvalue weighted by Gasteiger charge is -2.16. The maximum Gasteiger partial charge on any atom is 0.0550 e. The SMILES string of the molecule is Cc1ccccc1-c1cccc2c1c(C1CC1)cc1c2c2cc(/C=C/C=C\c3c(C)c4ccccc4n3-c3ccc4ccccc4c3)ccc2n1-c1ccccc1. The highest BCUT2D eigenvalue weighted by Crippen LogP contribution is 2.50. The number of aromatic nitrogens is 2. The van der Waals surface area contributed by atoms with Crippen LogP contribution in [0.25, 0.3) is 88.9 Å². The van der Waals surface area contributed by atoms with E-state index in [9.17, 15) is 0 Å². The lowest BCUT2D eigenvalue weighted by Crippen LogP contribution is -1.97. The van der Waals surface area contributed by atoms with Gasteiger partial charge < -0.3 is 9.13 Å². The molecule has 0 saturated heterocycles. The van der Waals surface area contributed by atoms with Gasteiger partial charge in [0.2, 0.25) is 0 Å². The summed E-state index contributed by atoms with van der Waals surface area (Å²) in [5.41, 5.74) is 15.2. The second kappa shape index (κ2) is 13.4. The van der Waals surface area contributed by atoms with Gasteiger partial charge in [-0.1, -0.05) is 133 Å². The van der Waals surface area contributed by atoms with Gasteiger partial charge in [0.05, 0.1) is 16.6 Å². The summed E-state index contributed by atoms with van der Waals surface area (Å²) in [7, 11) is 0. The molecule has 0 spiro atoms. The summed E-state index contributed by atoms with van der Waals surface area (Å²) in [5, 5.41) is 9.13. The maximum atomic E-state index is 2.53. The first kappa shape index (κ1) is 33.4. The van der Waals surface area contributed by atoms with E-state index < -0.39 is 0 Å². The standard InChI is InChI=1S/C55H42N2/c1-36-15-6-10-21-44(36)46-23-14-24-47-54(46)48(40-28-29-40)35-53-55(47)49-33-38(27-32-52(49)56(53)42-19-4-3-5-20-42)16-7-12-25-50-37(2)45-22-11-13-26-51(45)57(50)43-31-30-39-17-8-9-18-41(39)34-43/h3-27,30-35,40H,28-29H2,1-2H3/b16-7+,25-12-. The molecule has 2 heterocycles. The van der Waals surface area contributed by atoms with Crippen LogP contribution in [-0.2, 0) is 0 Å². The smallest absolute Gasteiger partial charge is 0.0550 e. The van der Waals surface area contributed by atoms with Crippen LogP contribution in [-0.4, -0.2) is 9.13 Å². The molecule has 0 N–H and O–H groups in total. The number of rotatable bonds is 7. The van der Waals surface area contributed by atoms with Crippen LogP contribution in [0.1, 0.15) is 46.7 Å². The van der Waals surface area contributed by atoms with Crippen LogP contribution in [0.4, 0.5) is 0 Å². The van der Waals surface area contributed by atoms with E-state index in [4.69, 9.17) is 0 Å². The van der Waals surface area contributed by atoms with E-state index in [2.05, 4.69) is 211 Å². The normalized spacial score (nSPS) is 13.4. The number of hydrogen-bond donors (Lipinski definition) is 0. The molecule has 2 nitrogen and oxygen atoms in total. The Labute approximate surface area is 333 Å². The Bertz CT molecular complexity index is 3260. The zero-order chi connectivity index (χ0) is 38.0. The van der Waals surface area contributed by atoms with Crippen LogP contribution in [0.15, 0.2) is 176 Å². The lowest BCUT2D eigenvalue weighted by atomic mass is 9.89. The van der Waals surface area contributed by atoms with Gasteiger partial charge in [-0.2, -0.15) is 0 Å². The third kappa shape index (κ3) is 5.55. The Morgan fingerprint density at radius 3 is 2.05 bits per heavy atom. The Kier molecular flexibility index (Phi) is 7.86. The molecule has 1 saturated carbocycles. The first-order valence-electron chi connectivity index (χ1n) is 20.2. The molecule has 2 aromatic heterocycles. The highest BCUT2D eigenvalue weighted by Gasteiger charge is 2.29. The van der Waals surface area contributed by atoms with Gasteiger partial charge in [0.15, 0.2) is 0 Å². The van der Waals surface area contributed by atoms with Crippen molar-refractivity contribution >= 4 is 66.4 Å². The number of fused-ring (bicyclic) bond motifs is 7. The molecule has 11 rings (SSSR count). The lowest BCUT2D eigenvalue weighted by molar-refractivity contribution is 1.10. The molecule has 0 radical (unpaired) electrons. The minimum absolute atomic E-state index is 0.596. The van der Waals surface area contributed by atoms with E-state index in [1.807, 2.05) is 0 Å². The van der Waals surface area contributed by atoms with Crippen LogP contribution in [0, 0.1) is 13.8 Å². The van der Waals surface area contributed by atoms with Gasteiger partial charge in [-0.3, -0.25) is 0 Å². The van der Waals surface area contributed by atoms with E-state index in [1.165, 1.54) is 118 Å². The molecule has 2 heteroatoms. The van der Waals surface area contributed by atoms with E-state index >= 15 is 0 Å². The van der Waals surface area contributed by atoms with E-state index in [0.717, 1.165) is 0 Å². The van der Waals surface area contributed by atoms with E-state index in [1.54, 1.807) is 0 Å². The molecule has 0 amide bonds. The van der Waals surface area contributed by atoms with Crippen molar-refractivity contribution in [1.82, 2.24) is 9.13 Å². The molecule has 1 aliphatic carbocycles. The van der Waals surface area contributed by atoms with Crippen molar-refractivity contribution < 1.29 is 0 Å². The zero-order valence-corrected chi connectivity index (χ0v) is 32.3. The summed E-state index contributed by atoms with van der Waals surface area (Å²) in [5.74, 6) is 0.596. The van der Waals surface area contributed by atoms with Crippen molar-refractivity contribution in [2.45, 2.75) is 32.6 Å². The average Bonchev–Trinajstić information content (AvgIpc) is 4.00. The number of aryl methyl sites for hydroxylation is 2. The molecule has 0 bridgehead atoms. The van der Waals surface area contributed by atoms with Crippen LogP contribution in [0.5, 0.6) is 0 Å². The highest BCUT2D eigenvalue weighted by molar-refractivity contribution is 6.24. The maximum absolute atomic E-state index is 2.53. The molecule has 1 fully saturated rings. The Morgan fingerprint density at radius 2 is 1.19 bits per heavy atom. The highest BCUT2D eigenvalue weighted by atomic mass is 15.0. The minimum atomic E-state index is 0.596. The first-order valence-corrected chi connectivity index (χ1v) is 20.2. The van der Waals surface area contributed by atoms with Crippen molar-refractivity contribution in [2.75, 3.05) is 0 Å². The zero-order valence-electron chi connectivity index (χ0n) is 32.3. The Balaban J connectivity index is 1.07. The summed E-state index contributed by atoms with van der Waals surface area (Å²) in [6.07, 6.45) is 11.4. The molecular formula is C55H42N2. The monoisotopic (exact) mass is 730 g/mol. The van der Waals surface area contributed by atoms with Crippen LogP contribution in [0.2, 0.25) is 0 Å². The predicted octanol–water partition coefficient (Wildman–Crippen LogP) is 14.9. The topological polar surface area (TPSA) is 9.86 Å². The summed E-state index contributed by atoms with van der Waals surface area (Å²) in [6.45, 7) is 4.48. The fraction of sp³-hybridized carbons (Fsp3) is 0.0909. The van der Waals surface area contributed by atoms with Gasteiger partial charge in [-0.05, 0) is 142 Å². The molecule has 0 atom stereocenters. The summed E-state index contributed by atoms with van der Waals surface area (Å²) < 4.78 is 4.89. The van der Waals surface area contributed by atoms with Crippen LogP contribution < -0.4 is 0 Å². The molecule has 1 aliphatic rings. The molecule has 10 aromatic rings. The number of hydrogen-bond acceptors (Lipinski definition) is 0. The van der Waals surface area contributed by atoms with E-state index in [-0.39, 0.29) is 0 Å². The van der Waals surface area contributed by atoms with Gasteiger partial charge >= 0.3 is 0 Å². The fourth-order valence-corrected chi connectivity index (χ4v) is 9.34. The van der Waals surface area contributed by atoms with Crippen molar-refractivity contribution in [2.24, 2.45) is 0 Å². The Morgan fingerprint density at radius 1 is 0.474 bits per heavy atom. The molecule has 0 unspecified atom stereocenters. The largest absolute Gasteiger partial charge is 0.310 e. The first-order chi connectivity index (χ1) is 28.1. The molecule has 0 aliphatic heterocycles. The van der Waals surface area contributed by atoms with Gasteiger partial charge in [0.1, 0.15) is 0 Å². The fourth-order valence-electron chi connectivity index (χ4n) is 9.34. The Hall–Kier alpha value is -6.90. The van der Waals surface area contributed by atoms with Crippen molar-refractivity contribution in [3.8, 4) is 22.5 Å². The number of nitrogens with zero attached hydrogens (tertiary/aromatic N) is 2. The minimum Gasteiger partial charge on any atom is -0.310 e. The quantitative estimate of drug-likeness (QED) is 0.145. The third-order valence-electron chi connectivity index (χ3n) is 12.2. The van der Waals surface area contributed by atoms with Crippen molar-refractivity contribution in [3.05, 3.63) is 204 Å². The second-order valence-electron chi connectivity index (χ2n) is 15.7. The summed E-state index contributed by atoms with van der Waals surface area (Å²) in [6, 6.07) is 60.3. The second-order valence-corrected chi connectivity index (χ2v) is 15.7. The van der Waals surface area contributed by atoms with Crippen molar-refractivity contribution in [1.29, 1.82) is 0 Å². The summed E-state index contributed by atoms with van der Waals surface area (Å²) in [4.78, 5) is 0. The molecule has 8 aromatic carbocycles. The predicted molar refractivity (Wildman–Crippen MR) is 244 cm³/mol. The molecular weight excluding hydrogens is 689 g/mol. The number of para-hydroxylation sites is 2. The van der Waals surface area contributed by atoms with Crippen molar-refractivity contribution in [3.63, 3.8) is 0 Å². The van der Waals surface area contributed by atoms with E-state index in [0.29, 0.717) is 5.92 Å². The molecule has 57 heavy (non-hydrogen) atoms. The summed E-state index contributed by atoms with van der Waals surface area (Å²) >= 11 is 0. The van der Waals surface area contributed by atoms with Gasteiger partial charge in [0.25, 0.3) is 0 Å². The van der Waals surface area contributed by atoms with Gasteiger partial charge in [-0.15, -0.1) is 0 Å². The number of allylic oxidation sites excluding steroid dienone is 2. The van der Waals surface area contributed by atoms with Crippen LogP contribution in [0.3, 0.4) is 0 Å². The molecule has 272 valence electrons. The van der Waals surface area contributed by atoms with Gasteiger partial charge in [0, 0.05) is 33.2 Å².